The normalized spacial score (nSPS) is 24.9. The molecule has 1 saturated carbocycles. The first-order valence-electron chi connectivity index (χ1n) is 12.3. The minimum atomic E-state index is -0.855. The molecule has 0 bridgehead atoms. The van der Waals surface area contributed by atoms with Gasteiger partial charge in [0, 0.05) is 12.0 Å². The first kappa shape index (κ1) is 23.1. The number of aliphatic carboxylic acids is 1. The van der Waals surface area contributed by atoms with Gasteiger partial charge in [0.15, 0.2) is 0 Å². The Morgan fingerprint density at radius 3 is 2.23 bits per heavy atom. The average molecular weight is 475 g/mol. The smallest absolute Gasteiger partial charge is 0.407 e. The molecule has 7 heteroatoms. The van der Waals surface area contributed by atoms with E-state index in [1.54, 1.807) is 12.2 Å². The predicted octanol–water partition coefficient (Wildman–Crippen LogP) is 4.23. The Morgan fingerprint density at radius 1 is 0.886 bits per heavy atom. The fraction of sp³-hybridized carbons (Fsp3) is 0.393. The van der Waals surface area contributed by atoms with Crippen LogP contribution < -0.4 is 10.6 Å². The highest BCUT2D eigenvalue weighted by atomic mass is 16.5. The number of fused-ring (bicyclic) bond motifs is 3. The SMILES string of the molecule is O=C(NC1C=CC(C(=O)NC2CCCCC2C(=O)O)C1)OCC1c2ccccc2-c2ccccc21. The minimum absolute atomic E-state index is 0.0107. The number of hydrogen-bond donors (Lipinski definition) is 3. The fourth-order valence-electron chi connectivity index (χ4n) is 5.68. The van der Waals surface area contributed by atoms with Crippen LogP contribution in [0.15, 0.2) is 60.7 Å². The largest absolute Gasteiger partial charge is 0.481 e. The maximum Gasteiger partial charge on any atom is 0.407 e. The second-order valence-electron chi connectivity index (χ2n) is 9.65. The topological polar surface area (TPSA) is 105 Å². The minimum Gasteiger partial charge on any atom is -0.481 e. The molecule has 0 spiro atoms. The first-order valence-corrected chi connectivity index (χ1v) is 12.3. The van der Waals surface area contributed by atoms with E-state index in [-0.39, 0.29) is 30.5 Å². The van der Waals surface area contributed by atoms with Crippen molar-refractivity contribution in [2.45, 2.75) is 50.1 Å². The van der Waals surface area contributed by atoms with Crippen LogP contribution in [0.4, 0.5) is 4.79 Å². The molecule has 35 heavy (non-hydrogen) atoms. The van der Waals surface area contributed by atoms with Crippen molar-refractivity contribution in [1.29, 1.82) is 0 Å². The van der Waals surface area contributed by atoms with Crippen molar-refractivity contribution in [3.63, 3.8) is 0 Å². The summed E-state index contributed by atoms with van der Waals surface area (Å²) in [7, 11) is 0. The van der Waals surface area contributed by atoms with E-state index in [0.717, 1.165) is 24.0 Å². The third-order valence-electron chi connectivity index (χ3n) is 7.48. The molecule has 2 amide bonds. The highest BCUT2D eigenvalue weighted by molar-refractivity contribution is 5.83. The maximum absolute atomic E-state index is 12.7. The Kier molecular flexibility index (Phi) is 6.57. The van der Waals surface area contributed by atoms with Crippen molar-refractivity contribution in [1.82, 2.24) is 10.6 Å². The van der Waals surface area contributed by atoms with Gasteiger partial charge in [0.1, 0.15) is 6.61 Å². The van der Waals surface area contributed by atoms with E-state index in [1.165, 1.54) is 11.1 Å². The number of nitrogens with one attached hydrogen (secondary N) is 2. The van der Waals surface area contributed by atoms with Crippen LogP contribution in [-0.2, 0) is 14.3 Å². The van der Waals surface area contributed by atoms with Crippen LogP contribution in [-0.4, -0.2) is 41.8 Å². The third-order valence-corrected chi connectivity index (χ3v) is 7.48. The van der Waals surface area contributed by atoms with E-state index in [2.05, 4.69) is 34.9 Å². The monoisotopic (exact) mass is 474 g/mol. The molecule has 5 rings (SSSR count). The molecule has 0 saturated heterocycles. The zero-order valence-electron chi connectivity index (χ0n) is 19.5. The van der Waals surface area contributed by atoms with Crippen LogP contribution in [0, 0.1) is 11.8 Å². The van der Waals surface area contributed by atoms with Gasteiger partial charge in [0.05, 0.1) is 17.9 Å². The lowest BCUT2D eigenvalue weighted by Gasteiger charge is -2.30. The van der Waals surface area contributed by atoms with Crippen molar-refractivity contribution in [2.75, 3.05) is 6.61 Å². The van der Waals surface area contributed by atoms with Crippen LogP contribution in [0.2, 0.25) is 0 Å². The summed E-state index contributed by atoms with van der Waals surface area (Å²) in [6, 6.07) is 15.7. The molecule has 3 aliphatic rings. The average Bonchev–Trinajstić information content (AvgIpc) is 3.46. The molecule has 182 valence electrons. The molecule has 1 fully saturated rings. The maximum atomic E-state index is 12.7. The Bertz CT molecular complexity index is 1110. The molecule has 0 heterocycles. The van der Waals surface area contributed by atoms with Gasteiger partial charge in [-0.3, -0.25) is 9.59 Å². The Morgan fingerprint density at radius 2 is 1.54 bits per heavy atom. The second kappa shape index (κ2) is 9.94. The quantitative estimate of drug-likeness (QED) is 0.544. The summed E-state index contributed by atoms with van der Waals surface area (Å²) in [6.45, 7) is 0.235. The summed E-state index contributed by atoms with van der Waals surface area (Å²) in [5, 5.41) is 15.2. The van der Waals surface area contributed by atoms with Crippen molar-refractivity contribution in [3.8, 4) is 11.1 Å². The molecular formula is C28H30N2O5. The van der Waals surface area contributed by atoms with E-state index in [1.807, 2.05) is 24.3 Å². The van der Waals surface area contributed by atoms with Crippen LogP contribution in [0.5, 0.6) is 0 Å². The predicted molar refractivity (Wildman–Crippen MR) is 131 cm³/mol. The number of ether oxygens (including phenoxy) is 1. The Balaban J connectivity index is 1.13. The van der Waals surface area contributed by atoms with Crippen LogP contribution in [0.1, 0.15) is 49.1 Å². The molecule has 3 aliphatic carbocycles. The van der Waals surface area contributed by atoms with Gasteiger partial charge >= 0.3 is 12.1 Å². The van der Waals surface area contributed by atoms with Gasteiger partial charge in [-0.05, 0) is 41.5 Å². The Hall–Kier alpha value is -3.61. The van der Waals surface area contributed by atoms with E-state index < -0.39 is 23.9 Å². The van der Waals surface area contributed by atoms with Crippen LogP contribution in [0.3, 0.4) is 0 Å². The van der Waals surface area contributed by atoms with Gasteiger partial charge in [-0.15, -0.1) is 0 Å². The molecule has 0 aliphatic heterocycles. The molecule has 2 aromatic rings. The van der Waals surface area contributed by atoms with Crippen molar-refractivity contribution in [2.24, 2.45) is 11.8 Å². The molecule has 2 aromatic carbocycles. The van der Waals surface area contributed by atoms with E-state index in [4.69, 9.17) is 4.74 Å². The van der Waals surface area contributed by atoms with Crippen molar-refractivity contribution in [3.05, 3.63) is 71.8 Å². The van der Waals surface area contributed by atoms with E-state index in [9.17, 15) is 19.5 Å². The number of carboxylic acid groups (broad SMARTS) is 1. The van der Waals surface area contributed by atoms with Crippen LogP contribution in [0.25, 0.3) is 11.1 Å². The number of amides is 2. The molecule has 4 unspecified atom stereocenters. The zero-order valence-corrected chi connectivity index (χ0v) is 19.5. The van der Waals surface area contributed by atoms with Crippen molar-refractivity contribution >= 4 is 18.0 Å². The summed E-state index contributed by atoms with van der Waals surface area (Å²) in [5.41, 5.74) is 4.66. The summed E-state index contributed by atoms with van der Waals surface area (Å²) >= 11 is 0. The number of benzene rings is 2. The third kappa shape index (κ3) is 4.81. The lowest BCUT2D eigenvalue weighted by molar-refractivity contribution is -0.144. The lowest BCUT2D eigenvalue weighted by Crippen LogP contribution is -2.47. The van der Waals surface area contributed by atoms with Gasteiger partial charge in [-0.25, -0.2) is 4.79 Å². The number of hydrogen-bond acceptors (Lipinski definition) is 4. The number of alkyl carbamates (subject to hydrolysis) is 1. The highest BCUT2D eigenvalue weighted by Crippen LogP contribution is 2.44. The standard InChI is InChI=1S/C28H30N2O5/c31-26(30-25-12-6-5-11-23(25)27(32)33)17-13-14-18(15-17)29-28(34)35-16-24-21-9-3-1-7-19(21)20-8-2-4-10-22(20)24/h1-4,7-10,13-14,17-18,23-25H,5-6,11-12,15-16H2,(H,29,34)(H,30,31)(H,32,33). The Labute approximate surface area is 204 Å². The van der Waals surface area contributed by atoms with Gasteiger partial charge in [-0.1, -0.05) is 73.5 Å². The molecule has 3 N–H and O–H groups in total. The molecule has 4 atom stereocenters. The number of carbonyl (C=O) groups is 3. The second-order valence-corrected chi connectivity index (χ2v) is 9.65. The number of carboxylic acids is 1. The van der Waals surface area contributed by atoms with Gasteiger partial charge in [-0.2, -0.15) is 0 Å². The summed E-state index contributed by atoms with van der Waals surface area (Å²) < 4.78 is 5.61. The summed E-state index contributed by atoms with van der Waals surface area (Å²) in [5.74, 6) is -1.98. The van der Waals surface area contributed by atoms with E-state index >= 15 is 0 Å². The number of carbonyl (C=O) groups excluding carboxylic acids is 2. The van der Waals surface area contributed by atoms with Gasteiger partial charge < -0.3 is 20.5 Å². The van der Waals surface area contributed by atoms with Crippen molar-refractivity contribution < 1.29 is 24.2 Å². The molecule has 0 radical (unpaired) electrons. The molecular weight excluding hydrogens is 444 g/mol. The first-order chi connectivity index (χ1) is 17.0. The van der Waals surface area contributed by atoms with Crippen LogP contribution >= 0.6 is 0 Å². The lowest BCUT2D eigenvalue weighted by atomic mass is 9.84. The van der Waals surface area contributed by atoms with Gasteiger partial charge in [0.2, 0.25) is 5.91 Å². The van der Waals surface area contributed by atoms with Gasteiger partial charge in [0.25, 0.3) is 0 Å². The van der Waals surface area contributed by atoms with E-state index in [0.29, 0.717) is 19.3 Å². The zero-order chi connectivity index (χ0) is 24.4. The molecule has 7 nitrogen and oxygen atoms in total. The highest BCUT2D eigenvalue weighted by Gasteiger charge is 2.35. The summed E-state index contributed by atoms with van der Waals surface area (Å²) in [4.78, 5) is 36.8. The number of rotatable bonds is 6. The molecule has 0 aromatic heterocycles. The fourth-order valence-corrected chi connectivity index (χ4v) is 5.68. The summed E-state index contributed by atoms with van der Waals surface area (Å²) in [6.07, 6.45) is 6.57.